The van der Waals surface area contributed by atoms with Gasteiger partial charge in [-0.3, -0.25) is 9.59 Å². The number of benzene rings is 2. The van der Waals surface area contributed by atoms with Crippen molar-refractivity contribution >= 4 is 11.8 Å². The molecule has 1 aromatic heterocycles. The van der Waals surface area contributed by atoms with E-state index in [0.717, 1.165) is 35.1 Å². The molecule has 7 nitrogen and oxygen atoms in total. The topological polar surface area (TPSA) is 75.9 Å². The van der Waals surface area contributed by atoms with E-state index in [1.54, 1.807) is 22.9 Å². The first kappa shape index (κ1) is 24.7. The second kappa shape index (κ2) is 11.3. The Morgan fingerprint density at radius 1 is 1.09 bits per heavy atom. The molecule has 0 spiro atoms. The van der Waals surface area contributed by atoms with Crippen LogP contribution in [-0.4, -0.2) is 59.6 Å². The molecule has 1 saturated heterocycles. The average molecular weight is 476 g/mol. The monoisotopic (exact) mass is 475 g/mol. The highest BCUT2D eigenvalue weighted by Gasteiger charge is 2.27. The van der Waals surface area contributed by atoms with Crippen LogP contribution in [0.2, 0.25) is 0 Å². The van der Waals surface area contributed by atoms with Gasteiger partial charge in [0, 0.05) is 51.3 Å². The van der Waals surface area contributed by atoms with Crippen molar-refractivity contribution in [3.05, 3.63) is 77.0 Å². The van der Waals surface area contributed by atoms with Crippen molar-refractivity contribution in [1.82, 2.24) is 15.0 Å². The van der Waals surface area contributed by atoms with Gasteiger partial charge in [-0.15, -0.1) is 0 Å². The molecule has 35 heavy (non-hydrogen) atoms. The molecule has 3 aromatic rings. The molecule has 1 atom stereocenters. The number of aromatic nitrogens is 1. The summed E-state index contributed by atoms with van der Waals surface area (Å²) in [7, 11) is 1.79. The Hall–Kier alpha value is -3.45. The zero-order valence-electron chi connectivity index (χ0n) is 20.7. The number of carbonyl (C=O) groups excluding carboxylic acids is 2. The normalized spacial score (nSPS) is 15.2. The molecule has 2 amide bonds. The van der Waals surface area contributed by atoms with Crippen molar-refractivity contribution in [2.45, 2.75) is 45.8 Å². The quantitative estimate of drug-likeness (QED) is 0.451. The van der Waals surface area contributed by atoms with Crippen molar-refractivity contribution in [2.24, 2.45) is 0 Å². The molecule has 0 N–H and O–H groups in total. The van der Waals surface area contributed by atoms with Crippen LogP contribution in [0.5, 0.6) is 0 Å². The molecule has 1 aliphatic heterocycles. The van der Waals surface area contributed by atoms with Crippen LogP contribution in [0.3, 0.4) is 0 Å². The third-order valence-electron chi connectivity index (χ3n) is 6.41. The molecule has 0 bridgehead atoms. The molecule has 0 saturated carbocycles. The van der Waals surface area contributed by atoms with Crippen LogP contribution in [0.4, 0.5) is 0 Å². The first-order valence-electron chi connectivity index (χ1n) is 12.1. The summed E-state index contributed by atoms with van der Waals surface area (Å²) in [6.07, 6.45) is 2.08. The molecule has 1 fully saturated rings. The second-order valence-electron chi connectivity index (χ2n) is 9.27. The van der Waals surface area contributed by atoms with Gasteiger partial charge in [-0.05, 0) is 43.9 Å². The first-order valence-corrected chi connectivity index (χ1v) is 12.1. The van der Waals surface area contributed by atoms with E-state index in [0.29, 0.717) is 32.0 Å². The van der Waals surface area contributed by atoms with Gasteiger partial charge in [-0.2, -0.15) is 0 Å². The van der Waals surface area contributed by atoms with Crippen molar-refractivity contribution < 1.29 is 18.8 Å². The van der Waals surface area contributed by atoms with E-state index in [1.165, 1.54) is 0 Å². The van der Waals surface area contributed by atoms with Crippen molar-refractivity contribution in [3.8, 4) is 11.3 Å². The highest BCUT2D eigenvalue weighted by Crippen LogP contribution is 2.26. The Morgan fingerprint density at radius 3 is 2.63 bits per heavy atom. The molecule has 2 heterocycles. The molecular formula is C28H33N3O4. The number of rotatable bonds is 9. The highest BCUT2D eigenvalue weighted by molar-refractivity contribution is 5.93. The van der Waals surface area contributed by atoms with E-state index in [4.69, 9.17) is 9.26 Å². The Morgan fingerprint density at radius 2 is 1.89 bits per heavy atom. The van der Waals surface area contributed by atoms with Crippen LogP contribution < -0.4 is 0 Å². The van der Waals surface area contributed by atoms with Crippen LogP contribution in [0.15, 0.2) is 59.1 Å². The van der Waals surface area contributed by atoms with E-state index in [-0.39, 0.29) is 30.0 Å². The molecular weight excluding hydrogens is 442 g/mol. The number of carbonyl (C=O) groups is 2. The Kier molecular flexibility index (Phi) is 7.98. The fraction of sp³-hybridized carbons (Fsp3) is 0.393. The molecule has 0 radical (unpaired) electrons. The summed E-state index contributed by atoms with van der Waals surface area (Å²) in [4.78, 5) is 29.6. The number of aryl methyl sites for hydroxylation is 2. The minimum absolute atomic E-state index is 0.0183. The fourth-order valence-electron chi connectivity index (χ4n) is 4.34. The molecule has 0 unspecified atom stereocenters. The maximum atomic E-state index is 13.4. The van der Waals surface area contributed by atoms with Crippen LogP contribution in [0.1, 0.15) is 46.4 Å². The maximum absolute atomic E-state index is 13.4. The van der Waals surface area contributed by atoms with Crippen molar-refractivity contribution in [3.63, 3.8) is 0 Å². The van der Waals surface area contributed by atoms with Crippen LogP contribution in [0, 0.1) is 13.8 Å². The maximum Gasteiger partial charge on any atom is 0.276 e. The minimum Gasteiger partial charge on any atom is -0.376 e. The van der Waals surface area contributed by atoms with Gasteiger partial charge < -0.3 is 19.1 Å². The van der Waals surface area contributed by atoms with Gasteiger partial charge in [0.1, 0.15) is 0 Å². The summed E-state index contributed by atoms with van der Waals surface area (Å²) in [5, 5.41) is 4.07. The summed E-state index contributed by atoms with van der Waals surface area (Å²) in [6.45, 7) is 5.97. The summed E-state index contributed by atoms with van der Waals surface area (Å²) >= 11 is 0. The van der Waals surface area contributed by atoms with Gasteiger partial charge in [0.25, 0.3) is 5.91 Å². The summed E-state index contributed by atoms with van der Waals surface area (Å²) < 4.78 is 11.3. The van der Waals surface area contributed by atoms with Gasteiger partial charge in [0.2, 0.25) is 5.91 Å². The van der Waals surface area contributed by atoms with Gasteiger partial charge in [0.05, 0.1) is 6.10 Å². The predicted octanol–water partition coefficient (Wildman–Crippen LogP) is 4.63. The van der Waals surface area contributed by atoms with E-state index in [9.17, 15) is 9.59 Å². The number of ether oxygens (including phenoxy) is 1. The summed E-state index contributed by atoms with van der Waals surface area (Å²) in [6, 6.07) is 17.6. The predicted molar refractivity (Wildman–Crippen MR) is 134 cm³/mol. The number of amides is 2. The Bertz CT molecular complexity index is 1150. The largest absolute Gasteiger partial charge is 0.376 e. The standard InChI is InChI=1S/C28H33N3O4/c1-20-11-12-21(2)24(16-20)26-17-25(29-35-26)28(33)31(19-23-10-7-15-34-23)14-13-27(32)30(3)18-22-8-5-4-6-9-22/h4-6,8-9,11-12,16-17,23H,7,10,13-15,18-19H2,1-3H3/t23-/m0/s1. The van der Waals surface area contributed by atoms with Crippen LogP contribution >= 0.6 is 0 Å². The zero-order chi connectivity index (χ0) is 24.8. The Labute approximate surface area is 206 Å². The van der Waals surface area contributed by atoms with E-state index in [1.807, 2.05) is 62.4 Å². The molecule has 184 valence electrons. The van der Waals surface area contributed by atoms with E-state index >= 15 is 0 Å². The lowest BCUT2D eigenvalue weighted by Crippen LogP contribution is -2.40. The number of hydrogen-bond acceptors (Lipinski definition) is 5. The zero-order valence-corrected chi connectivity index (χ0v) is 20.7. The van der Waals surface area contributed by atoms with Gasteiger partial charge in [-0.1, -0.05) is 53.2 Å². The molecule has 2 aromatic carbocycles. The molecule has 4 rings (SSSR count). The number of nitrogens with zero attached hydrogens (tertiary/aromatic N) is 3. The van der Waals surface area contributed by atoms with Crippen molar-refractivity contribution in [1.29, 1.82) is 0 Å². The number of hydrogen-bond donors (Lipinski definition) is 0. The lowest BCUT2D eigenvalue weighted by atomic mass is 10.0. The van der Waals surface area contributed by atoms with E-state index < -0.39 is 0 Å². The lowest BCUT2D eigenvalue weighted by molar-refractivity contribution is -0.130. The van der Waals surface area contributed by atoms with Gasteiger partial charge in [0.15, 0.2) is 11.5 Å². The molecule has 1 aliphatic rings. The molecule has 7 heteroatoms. The third-order valence-corrected chi connectivity index (χ3v) is 6.41. The molecule has 0 aliphatic carbocycles. The average Bonchev–Trinajstić information content (AvgIpc) is 3.56. The first-order chi connectivity index (χ1) is 16.9. The Balaban J connectivity index is 1.45. The van der Waals surface area contributed by atoms with Crippen LogP contribution in [-0.2, 0) is 16.1 Å². The van der Waals surface area contributed by atoms with E-state index in [2.05, 4.69) is 5.16 Å². The van der Waals surface area contributed by atoms with Gasteiger partial charge in [-0.25, -0.2) is 0 Å². The van der Waals surface area contributed by atoms with Gasteiger partial charge >= 0.3 is 0 Å². The smallest absolute Gasteiger partial charge is 0.276 e. The lowest BCUT2D eigenvalue weighted by Gasteiger charge is -2.25. The third kappa shape index (κ3) is 6.36. The highest BCUT2D eigenvalue weighted by atomic mass is 16.5. The van der Waals surface area contributed by atoms with Crippen molar-refractivity contribution in [2.75, 3.05) is 26.7 Å². The van der Waals surface area contributed by atoms with Crippen LogP contribution in [0.25, 0.3) is 11.3 Å². The minimum atomic E-state index is -0.251. The SMILES string of the molecule is Cc1ccc(C)c(-c2cc(C(=O)N(CCC(=O)N(C)Cc3ccccc3)C[C@@H]3CCCO3)no2)c1. The fourth-order valence-corrected chi connectivity index (χ4v) is 4.34. The second-order valence-corrected chi connectivity index (χ2v) is 9.27. The summed E-state index contributed by atoms with van der Waals surface area (Å²) in [5.41, 5.74) is 4.38. The summed E-state index contributed by atoms with van der Waals surface area (Å²) in [5.74, 6) is 0.292.